The first-order valence-corrected chi connectivity index (χ1v) is 7.34. The molecule has 1 aliphatic heterocycles. The summed E-state index contributed by atoms with van der Waals surface area (Å²) in [5.41, 5.74) is -0.0710. The number of halogens is 1. The summed E-state index contributed by atoms with van der Waals surface area (Å²) in [6.07, 6.45) is 0.114. The van der Waals surface area contributed by atoms with Crippen molar-refractivity contribution in [2.45, 2.75) is 26.1 Å². The Bertz CT molecular complexity index is 571. The molecule has 1 aliphatic rings. The quantitative estimate of drug-likeness (QED) is 0.677. The number of carbonyl (C=O) groups excluding carboxylic acids is 1. The van der Waals surface area contributed by atoms with Gasteiger partial charge in [-0.15, -0.1) is 0 Å². The summed E-state index contributed by atoms with van der Waals surface area (Å²) in [5, 5.41) is 13.8. The van der Waals surface area contributed by atoms with Crippen molar-refractivity contribution in [2.24, 2.45) is 0 Å². The van der Waals surface area contributed by atoms with Gasteiger partial charge in [0.15, 0.2) is 0 Å². The van der Waals surface area contributed by atoms with Crippen molar-refractivity contribution in [2.75, 3.05) is 25.0 Å². The van der Waals surface area contributed by atoms with Crippen LogP contribution in [0.25, 0.3) is 0 Å². The Morgan fingerprint density at radius 2 is 2.09 bits per heavy atom. The Labute approximate surface area is 133 Å². The van der Waals surface area contributed by atoms with Crippen molar-refractivity contribution in [3.05, 3.63) is 33.3 Å². The van der Waals surface area contributed by atoms with Crippen molar-refractivity contribution in [3.8, 4) is 0 Å². The minimum Gasteiger partial charge on any atom is -0.373 e. The molecule has 0 aromatic heterocycles. The van der Waals surface area contributed by atoms with E-state index in [-0.39, 0.29) is 41.1 Å². The molecule has 0 saturated carbocycles. The van der Waals surface area contributed by atoms with Crippen LogP contribution in [0.15, 0.2) is 18.2 Å². The normalized spacial score (nSPS) is 22.3. The molecule has 0 unspecified atom stereocenters. The molecule has 1 amide bonds. The highest BCUT2D eigenvalue weighted by molar-refractivity contribution is 6.31. The molecule has 1 N–H and O–H groups in total. The summed E-state index contributed by atoms with van der Waals surface area (Å²) < 4.78 is 5.60. The molecule has 120 valence electrons. The van der Waals surface area contributed by atoms with Gasteiger partial charge in [-0.05, 0) is 26.0 Å². The number of nitrogens with zero attached hydrogens (tertiary/aromatic N) is 2. The standard InChI is InChI=1S/C14H18ClN3O4/c1-9-6-17(7-10(2)22-9)8-14(19)16-12-4-3-11(15)5-13(12)18(20)21/h3-5,9-10H,6-8H2,1-2H3,(H,16,19)/t9-,10-/m0/s1. The minimum atomic E-state index is -0.569. The van der Waals surface area contributed by atoms with E-state index in [1.165, 1.54) is 18.2 Å². The van der Waals surface area contributed by atoms with E-state index in [9.17, 15) is 14.9 Å². The molecule has 7 nitrogen and oxygen atoms in total. The maximum absolute atomic E-state index is 12.1. The summed E-state index contributed by atoms with van der Waals surface area (Å²) in [7, 11) is 0. The number of hydrogen-bond acceptors (Lipinski definition) is 5. The van der Waals surface area contributed by atoms with Gasteiger partial charge in [0.05, 0.1) is 23.7 Å². The summed E-state index contributed by atoms with van der Waals surface area (Å²) in [4.78, 5) is 24.5. The molecule has 1 heterocycles. The zero-order valence-electron chi connectivity index (χ0n) is 12.4. The van der Waals surface area contributed by atoms with Crippen LogP contribution < -0.4 is 5.32 Å². The van der Waals surface area contributed by atoms with Gasteiger partial charge in [0.2, 0.25) is 5.91 Å². The summed E-state index contributed by atoms with van der Waals surface area (Å²) in [5.74, 6) is -0.299. The van der Waals surface area contributed by atoms with Gasteiger partial charge in [-0.3, -0.25) is 19.8 Å². The smallest absolute Gasteiger partial charge is 0.294 e. The highest BCUT2D eigenvalue weighted by Gasteiger charge is 2.24. The third-order valence-corrected chi connectivity index (χ3v) is 3.53. The Balaban J connectivity index is 2.02. The van der Waals surface area contributed by atoms with Gasteiger partial charge in [0, 0.05) is 24.2 Å². The monoisotopic (exact) mass is 327 g/mol. The van der Waals surface area contributed by atoms with Gasteiger partial charge in [0.25, 0.3) is 5.69 Å². The molecule has 2 atom stereocenters. The number of nitro benzene ring substituents is 1. The first-order chi connectivity index (χ1) is 10.3. The average Bonchev–Trinajstić information content (AvgIpc) is 2.39. The van der Waals surface area contributed by atoms with Crippen molar-refractivity contribution in [3.63, 3.8) is 0 Å². The number of rotatable bonds is 4. The lowest BCUT2D eigenvalue weighted by Gasteiger charge is -2.34. The molecule has 1 fully saturated rings. The van der Waals surface area contributed by atoms with E-state index in [4.69, 9.17) is 16.3 Å². The highest BCUT2D eigenvalue weighted by atomic mass is 35.5. The van der Waals surface area contributed by atoms with E-state index in [1.807, 2.05) is 18.7 Å². The van der Waals surface area contributed by atoms with Crippen LogP contribution in [0.3, 0.4) is 0 Å². The number of benzene rings is 1. The van der Waals surface area contributed by atoms with Crippen LogP contribution in [0, 0.1) is 10.1 Å². The topological polar surface area (TPSA) is 84.7 Å². The lowest BCUT2D eigenvalue weighted by atomic mass is 10.2. The predicted octanol–water partition coefficient (Wildman–Crippen LogP) is 2.30. The average molecular weight is 328 g/mol. The first-order valence-electron chi connectivity index (χ1n) is 6.96. The van der Waals surface area contributed by atoms with E-state index < -0.39 is 4.92 Å². The van der Waals surface area contributed by atoms with E-state index >= 15 is 0 Å². The van der Waals surface area contributed by atoms with E-state index in [0.29, 0.717) is 13.1 Å². The molecule has 1 aromatic carbocycles. The van der Waals surface area contributed by atoms with Gasteiger partial charge in [-0.2, -0.15) is 0 Å². The molecule has 0 aliphatic carbocycles. The largest absolute Gasteiger partial charge is 0.373 e. The molecule has 22 heavy (non-hydrogen) atoms. The van der Waals surface area contributed by atoms with Crippen LogP contribution in [0.2, 0.25) is 5.02 Å². The Hall–Kier alpha value is -1.70. The highest BCUT2D eigenvalue weighted by Crippen LogP contribution is 2.27. The second-order valence-corrected chi connectivity index (χ2v) is 5.85. The molecular formula is C14H18ClN3O4. The van der Waals surface area contributed by atoms with Crippen LogP contribution in [-0.4, -0.2) is 47.6 Å². The van der Waals surface area contributed by atoms with Crippen LogP contribution in [0.4, 0.5) is 11.4 Å². The molecule has 0 bridgehead atoms. The molecule has 1 saturated heterocycles. The van der Waals surface area contributed by atoms with Crippen LogP contribution in [0.5, 0.6) is 0 Å². The number of morpholine rings is 1. The van der Waals surface area contributed by atoms with Crippen molar-refractivity contribution < 1.29 is 14.5 Å². The molecule has 0 spiro atoms. The van der Waals surface area contributed by atoms with Crippen molar-refractivity contribution in [1.29, 1.82) is 0 Å². The maximum atomic E-state index is 12.1. The van der Waals surface area contributed by atoms with Crippen LogP contribution in [0.1, 0.15) is 13.8 Å². The molecule has 0 radical (unpaired) electrons. The van der Waals surface area contributed by atoms with Crippen molar-refractivity contribution in [1.82, 2.24) is 4.90 Å². The maximum Gasteiger partial charge on any atom is 0.294 e. The van der Waals surface area contributed by atoms with E-state index in [0.717, 1.165) is 0 Å². The summed E-state index contributed by atoms with van der Waals surface area (Å²) >= 11 is 5.75. The lowest BCUT2D eigenvalue weighted by Crippen LogP contribution is -2.48. The van der Waals surface area contributed by atoms with Gasteiger partial charge < -0.3 is 10.1 Å². The molecular weight excluding hydrogens is 310 g/mol. The number of carbonyl (C=O) groups is 1. The second-order valence-electron chi connectivity index (χ2n) is 5.42. The summed E-state index contributed by atoms with van der Waals surface area (Å²) in [6.45, 7) is 5.37. The number of nitro groups is 1. The molecule has 8 heteroatoms. The Kier molecular flexibility index (Phi) is 5.33. The van der Waals surface area contributed by atoms with Gasteiger partial charge in [-0.1, -0.05) is 11.6 Å². The van der Waals surface area contributed by atoms with Crippen molar-refractivity contribution >= 4 is 28.9 Å². The third-order valence-electron chi connectivity index (χ3n) is 3.29. The Morgan fingerprint density at radius 3 is 2.68 bits per heavy atom. The molecule has 1 aromatic rings. The summed E-state index contributed by atoms with van der Waals surface area (Å²) in [6, 6.07) is 4.15. The minimum absolute atomic E-state index is 0.0569. The number of anilines is 1. The van der Waals surface area contributed by atoms with Crippen LogP contribution >= 0.6 is 11.6 Å². The van der Waals surface area contributed by atoms with E-state index in [2.05, 4.69) is 5.32 Å². The Morgan fingerprint density at radius 1 is 1.45 bits per heavy atom. The van der Waals surface area contributed by atoms with Gasteiger partial charge in [-0.25, -0.2) is 0 Å². The third kappa shape index (κ3) is 4.40. The van der Waals surface area contributed by atoms with Gasteiger partial charge >= 0.3 is 0 Å². The van der Waals surface area contributed by atoms with Crippen LogP contribution in [-0.2, 0) is 9.53 Å². The zero-order valence-corrected chi connectivity index (χ0v) is 13.2. The SMILES string of the molecule is C[C@H]1CN(CC(=O)Nc2ccc(Cl)cc2[N+](=O)[O-])C[C@H](C)O1. The fraction of sp³-hybridized carbons (Fsp3) is 0.500. The fourth-order valence-corrected chi connectivity index (χ4v) is 2.73. The molecule has 2 rings (SSSR count). The number of nitrogens with one attached hydrogen (secondary N) is 1. The second kappa shape index (κ2) is 7.04. The number of ether oxygens (including phenoxy) is 1. The van der Waals surface area contributed by atoms with E-state index in [1.54, 1.807) is 0 Å². The lowest BCUT2D eigenvalue weighted by molar-refractivity contribution is -0.383. The van der Waals surface area contributed by atoms with Gasteiger partial charge in [0.1, 0.15) is 5.69 Å². The fourth-order valence-electron chi connectivity index (χ4n) is 2.57. The number of hydrogen-bond donors (Lipinski definition) is 1. The predicted molar refractivity (Wildman–Crippen MR) is 83.2 cm³/mol. The zero-order chi connectivity index (χ0) is 16.3. The first kappa shape index (κ1) is 16.7. The number of amides is 1.